The van der Waals surface area contributed by atoms with Crippen molar-refractivity contribution >= 4 is 5.97 Å². The average molecular weight is 168 g/mol. The van der Waals surface area contributed by atoms with Gasteiger partial charge in [-0.25, -0.2) is 0 Å². The van der Waals surface area contributed by atoms with Gasteiger partial charge in [0.05, 0.1) is 6.42 Å². The van der Waals surface area contributed by atoms with Gasteiger partial charge < -0.3 is 4.74 Å². The van der Waals surface area contributed by atoms with Crippen molar-refractivity contribution in [2.75, 3.05) is 0 Å². The molecule has 0 aromatic rings. The maximum Gasteiger partial charge on any atom is 0.306 e. The summed E-state index contributed by atoms with van der Waals surface area (Å²) in [6.45, 7) is 6.18. The van der Waals surface area contributed by atoms with Crippen molar-refractivity contribution in [1.82, 2.24) is 0 Å². The molecule has 0 spiro atoms. The molecule has 0 unspecified atom stereocenters. The Kier molecular flexibility index (Phi) is 2.90. The summed E-state index contributed by atoms with van der Waals surface area (Å²) in [5.74, 6) is 0.336. The summed E-state index contributed by atoms with van der Waals surface area (Å²) < 4.78 is 5.14. The third-order valence-corrected chi connectivity index (χ3v) is 2.16. The molecule has 1 rings (SSSR count). The highest BCUT2D eigenvalue weighted by Gasteiger charge is 2.29. The van der Waals surface area contributed by atoms with Crippen molar-refractivity contribution in [3.8, 4) is 0 Å². The topological polar surface area (TPSA) is 26.3 Å². The summed E-state index contributed by atoms with van der Waals surface area (Å²) in [7, 11) is 0. The molecule has 0 amide bonds. The molecule has 0 aromatic heterocycles. The van der Waals surface area contributed by atoms with E-state index in [9.17, 15) is 4.79 Å². The van der Waals surface area contributed by atoms with Gasteiger partial charge in [0.1, 0.15) is 6.10 Å². The van der Waals surface area contributed by atoms with Crippen molar-refractivity contribution in [1.29, 1.82) is 0 Å². The first-order chi connectivity index (χ1) is 5.59. The molecule has 2 nitrogen and oxygen atoms in total. The smallest absolute Gasteiger partial charge is 0.306 e. The third-order valence-electron chi connectivity index (χ3n) is 2.16. The van der Waals surface area contributed by atoms with Crippen LogP contribution in [0.25, 0.3) is 0 Å². The SMILES string of the molecule is CC(C)=CC[C@H]1OC(=O)C[C@H]1C. The maximum atomic E-state index is 10.9. The minimum Gasteiger partial charge on any atom is -0.462 e. The molecule has 0 aromatic carbocycles. The number of esters is 1. The monoisotopic (exact) mass is 168 g/mol. The number of carbonyl (C=O) groups excluding carboxylic acids is 1. The van der Waals surface area contributed by atoms with Gasteiger partial charge in [0.15, 0.2) is 0 Å². The molecular weight excluding hydrogens is 152 g/mol. The van der Waals surface area contributed by atoms with Gasteiger partial charge in [0.2, 0.25) is 0 Å². The van der Waals surface area contributed by atoms with Crippen LogP contribution in [0.2, 0.25) is 0 Å². The second-order valence-corrected chi connectivity index (χ2v) is 3.73. The Hall–Kier alpha value is -0.790. The van der Waals surface area contributed by atoms with Crippen LogP contribution in [-0.2, 0) is 9.53 Å². The molecule has 68 valence electrons. The predicted molar refractivity (Wildman–Crippen MR) is 47.7 cm³/mol. The molecule has 0 saturated carbocycles. The van der Waals surface area contributed by atoms with E-state index < -0.39 is 0 Å². The number of allylic oxidation sites excluding steroid dienone is 1. The molecule has 2 atom stereocenters. The molecule has 0 N–H and O–H groups in total. The first-order valence-electron chi connectivity index (χ1n) is 4.42. The molecule has 12 heavy (non-hydrogen) atoms. The lowest BCUT2D eigenvalue weighted by atomic mass is 10.0. The molecular formula is C10H16O2. The van der Waals surface area contributed by atoms with Crippen LogP contribution < -0.4 is 0 Å². The normalized spacial score (nSPS) is 28.4. The summed E-state index contributed by atoms with van der Waals surface area (Å²) in [4.78, 5) is 10.9. The van der Waals surface area contributed by atoms with Crippen LogP contribution in [0, 0.1) is 5.92 Å². The van der Waals surface area contributed by atoms with Crippen molar-refractivity contribution < 1.29 is 9.53 Å². The second-order valence-electron chi connectivity index (χ2n) is 3.73. The zero-order chi connectivity index (χ0) is 9.14. The Bertz CT molecular complexity index is 202. The lowest BCUT2D eigenvalue weighted by Gasteiger charge is -2.10. The van der Waals surface area contributed by atoms with E-state index in [2.05, 4.69) is 26.8 Å². The van der Waals surface area contributed by atoms with E-state index in [1.807, 2.05) is 0 Å². The van der Waals surface area contributed by atoms with Gasteiger partial charge in [-0.15, -0.1) is 0 Å². The Labute approximate surface area is 73.6 Å². The standard InChI is InChI=1S/C10H16O2/c1-7(2)4-5-9-8(3)6-10(11)12-9/h4,8-9H,5-6H2,1-3H3/t8-,9-/m1/s1. The lowest BCUT2D eigenvalue weighted by molar-refractivity contribution is -0.141. The van der Waals surface area contributed by atoms with Crippen molar-refractivity contribution in [3.63, 3.8) is 0 Å². The highest BCUT2D eigenvalue weighted by atomic mass is 16.5. The van der Waals surface area contributed by atoms with Crippen molar-refractivity contribution in [2.45, 2.75) is 39.7 Å². The first-order valence-corrected chi connectivity index (χ1v) is 4.42. The third kappa shape index (κ3) is 2.36. The second kappa shape index (κ2) is 3.74. The van der Waals surface area contributed by atoms with E-state index in [0.717, 1.165) is 6.42 Å². The fourth-order valence-electron chi connectivity index (χ4n) is 1.36. The summed E-state index contributed by atoms with van der Waals surface area (Å²) in [5, 5.41) is 0. The van der Waals surface area contributed by atoms with Gasteiger partial charge in [-0.2, -0.15) is 0 Å². The minimum absolute atomic E-state index is 0.0466. The summed E-state index contributed by atoms with van der Waals surface area (Å²) in [5.41, 5.74) is 1.28. The van der Waals surface area contributed by atoms with E-state index >= 15 is 0 Å². The lowest BCUT2D eigenvalue weighted by Crippen LogP contribution is -2.11. The zero-order valence-electron chi connectivity index (χ0n) is 7.96. The summed E-state index contributed by atoms with van der Waals surface area (Å²) in [6, 6.07) is 0. The molecule has 0 aliphatic carbocycles. The largest absolute Gasteiger partial charge is 0.462 e. The van der Waals surface area contributed by atoms with Gasteiger partial charge in [-0.1, -0.05) is 18.6 Å². The maximum absolute atomic E-state index is 10.9. The molecule has 2 heteroatoms. The number of cyclic esters (lactones) is 1. The first kappa shape index (κ1) is 9.30. The molecule has 1 fully saturated rings. The van der Waals surface area contributed by atoms with Crippen LogP contribution in [0.4, 0.5) is 0 Å². The van der Waals surface area contributed by atoms with Crippen LogP contribution in [0.15, 0.2) is 11.6 Å². The van der Waals surface area contributed by atoms with Crippen LogP contribution >= 0.6 is 0 Å². The van der Waals surface area contributed by atoms with Gasteiger partial charge >= 0.3 is 5.97 Å². The Morgan fingerprint density at radius 3 is 2.75 bits per heavy atom. The minimum atomic E-state index is -0.0466. The van der Waals surface area contributed by atoms with Gasteiger partial charge in [0.25, 0.3) is 0 Å². The summed E-state index contributed by atoms with van der Waals surface area (Å²) in [6.07, 6.45) is 3.70. The number of hydrogen-bond donors (Lipinski definition) is 0. The van der Waals surface area contributed by atoms with E-state index in [1.54, 1.807) is 0 Å². The fourth-order valence-corrected chi connectivity index (χ4v) is 1.36. The van der Waals surface area contributed by atoms with Crippen LogP contribution in [0.1, 0.15) is 33.6 Å². The van der Waals surface area contributed by atoms with E-state index in [0.29, 0.717) is 12.3 Å². The van der Waals surface area contributed by atoms with Crippen molar-refractivity contribution in [3.05, 3.63) is 11.6 Å². The number of hydrogen-bond acceptors (Lipinski definition) is 2. The highest BCUT2D eigenvalue weighted by molar-refractivity contribution is 5.72. The van der Waals surface area contributed by atoms with Crippen molar-refractivity contribution in [2.24, 2.45) is 5.92 Å². The van der Waals surface area contributed by atoms with Gasteiger partial charge in [-0.05, 0) is 13.8 Å². The fraction of sp³-hybridized carbons (Fsp3) is 0.700. The molecule has 1 aliphatic rings. The average Bonchev–Trinajstić information content (AvgIpc) is 2.26. The Balaban J connectivity index is 2.43. The van der Waals surface area contributed by atoms with Gasteiger partial charge in [-0.3, -0.25) is 4.79 Å². The highest BCUT2D eigenvalue weighted by Crippen LogP contribution is 2.24. The number of rotatable bonds is 2. The molecule has 1 aliphatic heterocycles. The van der Waals surface area contributed by atoms with E-state index in [1.165, 1.54) is 5.57 Å². The van der Waals surface area contributed by atoms with Crippen LogP contribution in [-0.4, -0.2) is 12.1 Å². The quantitative estimate of drug-likeness (QED) is 0.467. The summed E-state index contributed by atoms with van der Waals surface area (Å²) >= 11 is 0. The van der Waals surface area contributed by atoms with Gasteiger partial charge in [0, 0.05) is 12.3 Å². The number of ether oxygens (including phenoxy) is 1. The number of carbonyl (C=O) groups is 1. The Morgan fingerprint density at radius 2 is 2.33 bits per heavy atom. The zero-order valence-corrected chi connectivity index (χ0v) is 7.96. The molecule has 1 saturated heterocycles. The predicted octanol–water partition coefficient (Wildman–Crippen LogP) is 2.29. The molecule has 1 heterocycles. The van der Waals surface area contributed by atoms with Crippen LogP contribution in [0.5, 0.6) is 0 Å². The Morgan fingerprint density at radius 1 is 1.67 bits per heavy atom. The van der Waals surface area contributed by atoms with E-state index in [-0.39, 0.29) is 12.1 Å². The molecule has 0 radical (unpaired) electrons. The molecule has 0 bridgehead atoms. The van der Waals surface area contributed by atoms with Crippen LogP contribution in [0.3, 0.4) is 0 Å². The van der Waals surface area contributed by atoms with E-state index in [4.69, 9.17) is 4.74 Å².